The van der Waals surface area contributed by atoms with Gasteiger partial charge in [-0.1, -0.05) is 19.9 Å². The molecule has 91 valence electrons. The Morgan fingerprint density at radius 2 is 1.94 bits per heavy atom. The molecule has 1 radical (unpaired) electrons. The number of rotatable bonds is 1. The molecule has 2 N–H and O–H groups in total. The summed E-state index contributed by atoms with van der Waals surface area (Å²) < 4.78 is 19.4. The molecule has 1 aliphatic heterocycles. The van der Waals surface area contributed by atoms with E-state index in [1.54, 1.807) is 6.07 Å². The molecule has 1 aliphatic rings. The number of benzene rings is 1. The number of ether oxygens (including phenoxy) is 1. The van der Waals surface area contributed by atoms with Gasteiger partial charge in [-0.2, -0.15) is 0 Å². The monoisotopic (exact) mass is 234 g/mol. The SMILES string of the molecule is CC1(C)[B]C(c2ccc(N)c(F)c2)OC1(C)C. The molecule has 0 amide bonds. The van der Waals surface area contributed by atoms with E-state index in [0.29, 0.717) is 0 Å². The lowest BCUT2D eigenvalue weighted by molar-refractivity contribution is -0.0343. The van der Waals surface area contributed by atoms with E-state index in [2.05, 4.69) is 35.0 Å². The number of anilines is 1. The molecule has 1 saturated heterocycles. The molecular weight excluding hydrogens is 216 g/mol. The van der Waals surface area contributed by atoms with E-state index in [4.69, 9.17) is 10.5 Å². The molecule has 1 fully saturated rings. The lowest BCUT2D eigenvalue weighted by Crippen LogP contribution is -2.31. The van der Waals surface area contributed by atoms with E-state index in [0.717, 1.165) is 5.56 Å². The topological polar surface area (TPSA) is 35.2 Å². The minimum atomic E-state index is -0.387. The van der Waals surface area contributed by atoms with E-state index in [1.165, 1.54) is 6.07 Å². The molecule has 0 spiro atoms. The number of nitrogens with two attached hydrogens (primary N) is 1. The largest absolute Gasteiger partial charge is 0.396 e. The van der Waals surface area contributed by atoms with Gasteiger partial charge in [-0.3, -0.25) is 0 Å². The number of hydrogen-bond donors (Lipinski definition) is 1. The van der Waals surface area contributed by atoms with Gasteiger partial charge in [0.05, 0.1) is 17.3 Å². The van der Waals surface area contributed by atoms with Gasteiger partial charge < -0.3 is 10.5 Å². The smallest absolute Gasteiger partial charge is 0.166 e. The summed E-state index contributed by atoms with van der Waals surface area (Å²) in [6.07, 6.45) is 0. The quantitative estimate of drug-likeness (QED) is 0.598. The van der Waals surface area contributed by atoms with Gasteiger partial charge in [-0.05, 0) is 36.9 Å². The summed E-state index contributed by atoms with van der Waals surface area (Å²) in [4.78, 5) is 0. The Morgan fingerprint density at radius 1 is 1.29 bits per heavy atom. The molecule has 1 aromatic carbocycles. The lowest BCUT2D eigenvalue weighted by atomic mass is 9.47. The fourth-order valence-corrected chi connectivity index (χ4v) is 1.97. The van der Waals surface area contributed by atoms with E-state index < -0.39 is 0 Å². The second kappa shape index (κ2) is 3.74. The molecule has 17 heavy (non-hydrogen) atoms. The molecule has 0 aromatic heterocycles. The van der Waals surface area contributed by atoms with Crippen molar-refractivity contribution in [1.29, 1.82) is 0 Å². The van der Waals surface area contributed by atoms with Crippen LogP contribution < -0.4 is 5.73 Å². The minimum Gasteiger partial charge on any atom is -0.396 e. The molecule has 1 unspecified atom stereocenters. The number of nitrogen functional groups attached to an aromatic ring is 1. The lowest BCUT2D eigenvalue weighted by Gasteiger charge is -2.33. The third-order valence-corrected chi connectivity index (χ3v) is 3.89. The van der Waals surface area contributed by atoms with Gasteiger partial charge in [0.2, 0.25) is 0 Å². The van der Waals surface area contributed by atoms with Crippen LogP contribution in [0, 0.1) is 5.82 Å². The highest BCUT2D eigenvalue weighted by Gasteiger charge is 2.48. The first-order valence-corrected chi connectivity index (χ1v) is 5.82. The summed E-state index contributed by atoms with van der Waals surface area (Å²) in [6, 6.07) is 4.68. The van der Waals surface area contributed by atoms with E-state index in [9.17, 15) is 4.39 Å². The maximum absolute atomic E-state index is 13.4. The van der Waals surface area contributed by atoms with Crippen molar-refractivity contribution >= 4 is 13.0 Å². The van der Waals surface area contributed by atoms with Crippen LogP contribution in [-0.4, -0.2) is 12.9 Å². The van der Waals surface area contributed by atoms with Crippen molar-refractivity contribution in [2.45, 2.75) is 44.6 Å². The summed E-state index contributed by atoms with van der Waals surface area (Å²) in [7, 11) is 2.12. The average molecular weight is 234 g/mol. The van der Waals surface area contributed by atoms with E-state index >= 15 is 0 Å². The third-order valence-electron chi connectivity index (χ3n) is 3.89. The molecular formula is C13H18BFNO. The maximum Gasteiger partial charge on any atom is 0.166 e. The highest BCUT2D eigenvalue weighted by molar-refractivity contribution is 6.43. The molecule has 0 bridgehead atoms. The van der Waals surface area contributed by atoms with Crippen LogP contribution in [-0.2, 0) is 4.74 Å². The van der Waals surface area contributed by atoms with Gasteiger partial charge in [-0.15, -0.1) is 0 Å². The molecule has 0 saturated carbocycles. The second-order valence-corrected chi connectivity index (χ2v) is 5.72. The predicted molar refractivity (Wildman–Crippen MR) is 68.5 cm³/mol. The van der Waals surface area contributed by atoms with E-state index in [-0.39, 0.29) is 28.4 Å². The summed E-state index contributed by atoms with van der Waals surface area (Å²) in [5.41, 5.74) is 6.20. The summed E-state index contributed by atoms with van der Waals surface area (Å²) in [5.74, 6) is -0.387. The van der Waals surface area contributed by atoms with Crippen LogP contribution in [0.3, 0.4) is 0 Å². The van der Waals surface area contributed by atoms with Gasteiger partial charge in [0.1, 0.15) is 5.82 Å². The normalized spacial score (nSPS) is 25.6. The first-order chi connectivity index (χ1) is 7.73. The molecule has 1 atom stereocenters. The van der Waals surface area contributed by atoms with Crippen LogP contribution >= 0.6 is 0 Å². The summed E-state index contributed by atoms with van der Waals surface area (Å²) in [6.45, 7) is 8.36. The maximum atomic E-state index is 13.4. The van der Waals surface area contributed by atoms with Crippen molar-refractivity contribution < 1.29 is 9.13 Å². The fourth-order valence-electron chi connectivity index (χ4n) is 1.97. The zero-order valence-electron chi connectivity index (χ0n) is 10.8. The van der Waals surface area contributed by atoms with Crippen molar-refractivity contribution in [2.75, 3.05) is 5.73 Å². The fraction of sp³-hybridized carbons (Fsp3) is 0.538. The van der Waals surface area contributed by atoms with Gasteiger partial charge in [0.15, 0.2) is 7.28 Å². The Bertz CT molecular complexity index is 429. The first-order valence-electron chi connectivity index (χ1n) is 5.82. The van der Waals surface area contributed by atoms with Crippen molar-refractivity contribution in [3.8, 4) is 0 Å². The Hall–Kier alpha value is -1.03. The molecule has 4 heteroatoms. The Balaban J connectivity index is 2.29. The second-order valence-electron chi connectivity index (χ2n) is 5.72. The summed E-state index contributed by atoms with van der Waals surface area (Å²) >= 11 is 0. The van der Waals surface area contributed by atoms with Gasteiger partial charge in [-0.25, -0.2) is 4.39 Å². The zero-order chi connectivity index (χ0) is 12.8. The highest BCUT2D eigenvalue weighted by Crippen LogP contribution is 2.51. The molecule has 2 rings (SSSR count). The van der Waals surface area contributed by atoms with Gasteiger partial charge >= 0.3 is 0 Å². The number of hydrogen-bond acceptors (Lipinski definition) is 2. The summed E-state index contributed by atoms with van der Waals surface area (Å²) in [5, 5.41) is -0.0461. The van der Waals surface area contributed by atoms with Crippen LogP contribution in [0.15, 0.2) is 18.2 Å². The Kier molecular flexibility index (Phi) is 2.73. The first kappa shape index (κ1) is 12.4. The Labute approximate surface area is 103 Å². The van der Waals surface area contributed by atoms with Gasteiger partial charge in [0.25, 0.3) is 0 Å². The van der Waals surface area contributed by atoms with E-state index in [1.807, 2.05) is 6.07 Å². The number of halogens is 1. The third kappa shape index (κ3) is 2.06. The zero-order valence-corrected chi connectivity index (χ0v) is 10.8. The molecule has 1 aromatic rings. The van der Waals surface area contributed by atoms with Crippen molar-refractivity contribution in [2.24, 2.45) is 0 Å². The van der Waals surface area contributed by atoms with Crippen molar-refractivity contribution in [1.82, 2.24) is 0 Å². The minimum absolute atomic E-state index is 0.0461. The van der Waals surface area contributed by atoms with Crippen LogP contribution in [0.2, 0.25) is 5.31 Å². The van der Waals surface area contributed by atoms with Crippen LogP contribution in [0.5, 0.6) is 0 Å². The molecule has 0 aliphatic carbocycles. The standard InChI is InChI=1S/C13H18BFNO/c1-12(2)13(3,4)17-11(14-12)8-5-6-10(16)9(15)7-8/h5-7,11H,16H2,1-4H3. The van der Waals surface area contributed by atoms with Crippen LogP contribution in [0.4, 0.5) is 10.1 Å². The van der Waals surface area contributed by atoms with Crippen molar-refractivity contribution in [3.63, 3.8) is 0 Å². The molecule has 2 nitrogen and oxygen atoms in total. The van der Waals surface area contributed by atoms with Crippen LogP contribution in [0.25, 0.3) is 0 Å². The van der Waals surface area contributed by atoms with Crippen molar-refractivity contribution in [3.05, 3.63) is 29.6 Å². The Morgan fingerprint density at radius 3 is 2.41 bits per heavy atom. The average Bonchev–Trinajstić information content (AvgIpc) is 2.41. The van der Waals surface area contributed by atoms with Gasteiger partial charge in [0, 0.05) is 0 Å². The predicted octanol–water partition coefficient (Wildman–Crippen LogP) is 3.12. The molecule has 1 heterocycles. The highest BCUT2D eigenvalue weighted by atomic mass is 19.1. The van der Waals surface area contributed by atoms with Crippen LogP contribution in [0.1, 0.15) is 39.3 Å².